The minimum atomic E-state index is -1.17. The largest absolute Gasteiger partial charge is 0.446 e. The minimum Gasteiger partial charge on any atom is -0.446 e. The molecule has 2 aliphatic heterocycles. The quantitative estimate of drug-likeness (QED) is 0.132. The summed E-state index contributed by atoms with van der Waals surface area (Å²) in [4.78, 5) is 45.2. The van der Waals surface area contributed by atoms with Gasteiger partial charge in [0.25, 0.3) is 5.91 Å². The zero-order valence-corrected chi connectivity index (χ0v) is 33.1. The topological polar surface area (TPSA) is 161 Å². The number of aromatic nitrogens is 1. The van der Waals surface area contributed by atoms with Crippen LogP contribution in [-0.2, 0) is 36.7 Å². The maximum Gasteiger partial charge on any atom is 0.408 e. The Balaban J connectivity index is 1.21. The predicted molar refractivity (Wildman–Crippen MR) is 210 cm³/mol. The number of aliphatic hydroxyl groups is 1. The minimum absolute atomic E-state index is 0.0481. The van der Waals surface area contributed by atoms with E-state index in [2.05, 4.69) is 21.0 Å². The molecule has 5 unspecified atom stereocenters. The van der Waals surface area contributed by atoms with Crippen LogP contribution in [0, 0.1) is 17.3 Å². The number of carbonyl (C=O) groups excluding carboxylic acids is 3. The number of amides is 3. The summed E-state index contributed by atoms with van der Waals surface area (Å²) in [6.45, 7) is 10.1. The van der Waals surface area contributed by atoms with Crippen molar-refractivity contribution in [3.05, 3.63) is 90.1 Å². The highest BCUT2D eigenvalue weighted by atomic mass is 16.7. The second kappa shape index (κ2) is 18.6. The number of benzene rings is 2. The number of ether oxygens (including phenoxy) is 4. The molecule has 1 saturated carbocycles. The number of nitrogens with zero attached hydrogens (tertiary/aromatic N) is 2. The summed E-state index contributed by atoms with van der Waals surface area (Å²) in [6.07, 6.45) is 1.32. The first-order valence-electron chi connectivity index (χ1n) is 19.9. The zero-order valence-electron chi connectivity index (χ0n) is 33.1. The van der Waals surface area contributed by atoms with Gasteiger partial charge in [-0.2, -0.15) is 0 Å². The van der Waals surface area contributed by atoms with Crippen molar-refractivity contribution in [2.24, 2.45) is 17.3 Å². The lowest BCUT2D eigenvalue weighted by Gasteiger charge is -2.37. The third kappa shape index (κ3) is 10.6. The van der Waals surface area contributed by atoms with Crippen molar-refractivity contribution in [2.75, 3.05) is 13.2 Å². The number of alkyl carbamates (subject to hydrolysis) is 2. The molecule has 8 atom stereocenters. The normalized spacial score (nSPS) is 23.0. The summed E-state index contributed by atoms with van der Waals surface area (Å²) in [6, 6.07) is 21.3. The number of rotatable bonds is 16. The van der Waals surface area contributed by atoms with Crippen molar-refractivity contribution in [1.29, 1.82) is 0 Å². The van der Waals surface area contributed by atoms with E-state index in [9.17, 15) is 19.5 Å². The van der Waals surface area contributed by atoms with Gasteiger partial charge in [-0.3, -0.25) is 15.2 Å². The van der Waals surface area contributed by atoms with Crippen LogP contribution in [-0.4, -0.2) is 89.1 Å². The Morgan fingerprint density at radius 1 is 0.911 bits per heavy atom. The maximum atomic E-state index is 14.1. The lowest BCUT2D eigenvalue weighted by Crippen LogP contribution is -2.59. The fourth-order valence-corrected chi connectivity index (χ4v) is 7.87. The van der Waals surface area contributed by atoms with E-state index in [0.29, 0.717) is 31.8 Å². The van der Waals surface area contributed by atoms with Crippen molar-refractivity contribution >= 4 is 18.1 Å². The number of fused-ring (bicyclic) bond motifs is 2. The molecule has 13 nitrogen and oxygen atoms in total. The second-order valence-corrected chi connectivity index (χ2v) is 16.3. The smallest absolute Gasteiger partial charge is 0.408 e. The molecule has 0 radical (unpaired) electrons. The number of hydrogen-bond acceptors (Lipinski definition) is 10. The van der Waals surface area contributed by atoms with E-state index in [-0.39, 0.29) is 37.5 Å². The Morgan fingerprint density at radius 2 is 1.64 bits per heavy atom. The van der Waals surface area contributed by atoms with Crippen LogP contribution < -0.4 is 16.1 Å². The van der Waals surface area contributed by atoms with E-state index in [1.54, 1.807) is 11.2 Å². The lowest BCUT2D eigenvalue weighted by molar-refractivity contribution is -0.153. The average molecular weight is 772 g/mol. The molecule has 3 aromatic rings. The molecule has 3 amide bonds. The van der Waals surface area contributed by atoms with Gasteiger partial charge in [-0.25, -0.2) is 14.6 Å². The van der Waals surface area contributed by atoms with Gasteiger partial charge in [0.1, 0.15) is 18.2 Å². The van der Waals surface area contributed by atoms with Gasteiger partial charge in [0.15, 0.2) is 6.29 Å². The Labute approximate surface area is 329 Å². The average Bonchev–Trinajstić information content (AvgIpc) is 3.48. The van der Waals surface area contributed by atoms with Gasteiger partial charge in [0, 0.05) is 36.7 Å². The van der Waals surface area contributed by atoms with Gasteiger partial charge in [-0.1, -0.05) is 95.3 Å². The fourth-order valence-electron chi connectivity index (χ4n) is 7.87. The third-order valence-corrected chi connectivity index (χ3v) is 11.0. The molecule has 0 spiro atoms. The lowest BCUT2D eigenvalue weighted by atomic mass is 9.78. The van der Waals surface area contributed by atoms with Crippen molar-refractivity contribution in [1.82, 2.24) is 26.1 Å². The summed E-state index contributed by atoms with van der Waals surface area (Å²) < 4.78 is 23.5. The predicted octanol–water partition coefficient (Wildman–Crippen LogP) is 5.76. The van der Waals surface area contributed by atoms with Crippen LogP contribution in [0.25, 0.3) is 11.3 Å². The SMILES string of the molecule is CCC(CC)OC(=O)N[C@H](C(=O)NN(Cc1ccc(-c2ccccn2)cc1)C[C@H](O)[C@H](Cc1ccccc1)NC(=O)OC1C2COC3OC1CC3C2)C(C)(C)C. The molecule has 1 aliphatic carbocycles. The molecule has 302 valence electrons. The Kier molecular flexibility index (Phi) is 13.6. The Hall–Kier alpha value is -4.56. The summed E-state index contributed by atoms with van der Waals surface area (Å²) >= 11 is 0. The monoisotopic (exact) mass is 771 g/mol. The molecule has 2 aromatic carbocycles. The molecule has 13 heteroatoms. The van der Waals surface area contributed by atoms with Gasteiger partial charge in [-0.15, -0.1) is 0 Å². The van der Waals surface area contributed by atoms with E-state index in [1.165, 1.54) is 0 Å². The van der Waals surface area contributed by atoms with Crippen molar-refractivity contribution in [3.63, 3.8) is 0 Å². The van der Waals surface area contributed by atoms with Crippen LogP contribution in [0.5, 0.6) is 0 Å². The van der Waals surface area contributed by atoms with Crippen LogP contribution in [0.1, 0.15) is 71.4 Å². The number of hydrazine groups is 1. The van der Waals surface area contributed by atoms with E-state index >= 15 is 0 Å². The van der Waals surface area contributed by atoms with Crippen molar-refractivity contribution in [2.45, 2.75) is 116 Å². The maximum absolute atomic E-state index is 14.1. The first-order valence-corrected chi connectivity index (χ1v) is 19.9. The molecule has 3 aliphatic rings. The standard InChI is InChI=1S/C43H57N5O8/c1-6-32(7-2)54-42(52)46-38(43(3,4)5)39(50)47-48(24-28-16-18-29(19-17-28)33-15-11-12-20-44-33)25-35(49)34(21-27-13-9-8-10-14-27)45-41(51)56-37-31-22-30-23-36(37)55-40(30)53-26-31/h8-20,30-32,34-38,40,49H,6-7,21-26H2,1-5H3,(H,45,51)(H,46,52)(H,47,50)/t30?,31?,34-,35-,36?,37?,38+,40?/m0/s1. The van der Waals surface area contributed by atoms with Crippen LogP contribution in [0.4, 0.5) is 9.59 Å². The number of pyridine rings is 1. The highest BCUT2D eigenvalue weighted by molar-refractivity contribution is 5.86. The molecule has 6 rings (SSSR count). The summed E-state index contributed by atoms with van der Waals surface area (Å²) in [5.74, 6) is -0.107. The van der Waals surface area contributed by atoms with E-state index in [0.717, 1.165) is 35.2 Å². The van der Waals surface area contributed by atoms with Gasteiger partial charge in [0.05, 0.1) is 30.6 Å². The number of aliphatic hydroxyl groups excluding tert-OH is 1. The third-order valence-electron chi connectivity index (χ3n) is 11.0. The molecule has 4 N–H and O–H groups in total. The highest BCUT2D eigenvalue weighted by Crippen LogP contribution is 2.46. The molecule has 1 aromatic heterocycles. The fraction of sp³-hybridized carbons (Fsp3) is 0.535. The van der Waals surface area contributed by atoms with Gasteiger partial charge < -0.3 is 34.7 Å². The molecule has 3 fully saturated rings. The molecule has 2 saturated heterocycles. The molecule has 3 heterocycles. The zero-order chi connectivity index (χ0) is 39.8. The van der Waals surface area contributed by atoms with E-state index in [1.807, 2.05) is 107 Å². The number of nitrogens with one attached hydrogen (secondary N) is 3. The summed E-state index contributed by atoms with van der Waals surface area (Å²) in [7, 11) is 0. The molecular weight excluding hydrogens is 715 g/mol. The van der Waals surface area contributed by atoms with Gasteiger partial charge in [0.2, 0.25) is 0 Å². The van der Waals surface area contributed by atoms with Crippen molar-refractivity contribution < 1.29 is 38.4 Å². The number of carbonyl (C=O) groups is 3. The molecule has 56 heavy (non-hydrogen) atoms. The first kappa shape index (κ1) is 41.1. The highest BCUT2D eigenvalue weighted by Gasteiger charge is 2.53. The van der Waals surface area contributed by atoms with Crippen molar-refractivity contribution in [3.8, 4) is 11.3 Å². The molecular formula is C43H57N5O8. The van der Waals surface area contributed by atoms with Gasteiger partial charge >= 0.3 is 12.2 Å². The second-order valence-electron chi connectivity index (χ2n) is 16.3. The van der Waals surface area contributed by atoms with Crippen LogP contribution in [0.2, 0.25) is 0 Å². The first-order chi connectivity index (χ1) is 26.9. The van der Waals surface area contributed by atoms with E-state index < -0.39 is 47.8 Å². The Morgan fingerprint density at radius 3 is 2.32 bits per heavy atom. The van der Waals surface area contributed by atoms with Gasteiger partial charge in [-0.05, 0) is 60.8 Å². The van der Waals surface area contributed by atoms with Crippen LogP contribution in [0.15, 0.2) is 79.0 Å². The summed E-state index contributed by atoms with van der Waals surface area (Å²) in [5.41, 5.74) is 5.80. The van der Waals surface area contributed by atoms with E-state index in [4.69, 9.17) is 18.9 Å². The number of hydrogen-bond donors (Lipinski definition) is 4. The Bertz CT molecular complexity index is 1730. The van der Waals surface area contributed by atoms with Crippen LogP contribution >= 0.6 is 0 Å². The van der Waals surface area contributed by atoms with Crippen LogP contribution in [0.3, 0.4) is 0 Å². The summed E-state index contributed by atoms with van der Waals surface area (Å²) in [5, 5.41) is 19.3. The molecule has 3 bridgehead atoms.